The largest absolute Gasteiger partial charge is 0.330 e. The summed E-state index contributed by atoms with van der Waals surface area (Å²) < 4.78 is 0. The summed E-state index contributed by atoms with van der Waals surface area (Å²) in [5, 5.41) is 3.62. The monoisotopic (exact) mass is 267 g/mol. The fourth-order valence-electron chi connectivity index (χ4n) is 2.09. The van der Waals surface area contributed by atoms with Gasteiger partial charge in [-0.1, -0.05) is 19.8 Å². The number of hydrogen-bond donors (Lipinski definition) is 2. The minimum atomic E-state index is -0.156. The number of nitrogens with zero attached hydrogens (tertiary/aromatic N) is 1. The standard InChI is InChI=1S/C13H21N3OS/c1-9(8-14)12(17)16-13-15-10-6-4-2-3-5-7-11(10)18-13/h9H,2-8,14H2,1H3,(H,15,16,17). The number of nitrogens with two attached hydrogens (primary N) is 1. The topological polar surface area (TPSA) is 68.0 Å². The molecule has 1 aromatic heterocycles. The molecule has 4 nitrogen and oxygen atoms in total. The van der Waals surface area contributed by atoms with Crippen molar-refractivity contribution in [3.05, 3.63) is 10.6 Å². The molecule has 0 fully saturated rings. The lowest BCUT2D eigenvalue weighted by Crippen LogP contribution is -2.26. The number of rotatable bonds is 3. The predicted molar refractivity (Wildman–Crippen MR) is 74.8 cm³/mol. The molecule has 0 spiro atoms. The van der Waals surface area contributed by atoms with E-state index in [1.54, 1.807) is 11.3 Å². The van der Waals surface area contributed by atoms with Crippen molar-refractivity contribution in [1.29, 1.82) is 0 Å². The summed E-state index contributed by atoms with van der Waals surface area (Å²) in [4.78, 5) is 17.7. The Balaban J connectivity index is 2.06. The van der Waals surface area contributed by atoms with Gasteiger partial charge in [0.2, 0.25) is 5.91 Å². The van der Waals surface area contributed by atoms with Crippen LogP contribution in [-0.4, -0.2) is 17.4 Å². The van der Waals surface area contributed by atoms with Gasteiger partial charge in [-0.05, 0) is 25.7 Å². The summed E-state index contributed by atoms with van der Waals surface area (Å²) in [5.74, 6) is -0.185. The molecule has 0 saturated carbocycles. The maximum Gasteiger partial charge on any atom is 0.230 e. The van der Waals surface area contributed by atoms with Gasteiger partial charge in [-0.3, -0.25) is 4.79 Å². The Bertz CT molecular complexity index is 391. The first kappa shape index (κ1) is 13.5. The highest BCUT2D eigenvalue weighted by atomic mass is 32.1. The molecule has 1 aliphatic carbocycles. The van der Waals surface area contributed by atoms with Gasteiger partial charge in [0.05, 0.1) is 5.69 Å². The van der Waals surface area contributed by atoms with Gasteiger partial charge in [-0.15, -0.1) is 11.3 Å². The quantitative estimate of drug-likeness (QED) is 0.883. The van der Waals surface area contributed by atoms with Gasteiger partial charge in [0.25, 0.3) is 0 Å². The van der Waals surface area contributed by atoms with Crippen molar-refractivity contribution in [3.63, 3.8) is 0 Å². The molecule has 1 aromatic rings. The normalized spacial score (nSPS) is 17.4. The summed E-state index contributed by atoms with van der Waals surface area (Å²) in [6, 6.07) is 0. The Labute approximate surface area is 112 Å². The number of carbonyl (C=O) groups is 1. The number of aromatic nitrogens is 1. The smallest absolute Gasteiger partial charge is 0.230 e. The molecule has 1 atom stereocenters. The number of anilines is 1. The first-order valence-electron chi connectivity index (χ1n) is 6.70. The van der Waals surface area contributed by atoms with Crippen molar-refractivity contribution in [3.8, 4) is 0 Å². The summed E-state index contributed by atoms with van der Waals surface area (Å²) in [5.41, 5.74) is 6.68. The molecule has 0 radical (unpaired) electrons. The second-order valence-corrected chi connectivity index (χ2v) is 6.01. The molecule has 5 heteroatoms. The number of nitrogens with one attached hydrogen (secondary N) is 1. The van der Waals surface area contributed by atoms with E-state index in [1.165, 1.54) is 36.3 Å². The second kappa shape index (κ2) is 6.29. The van der Waals surface area contributed by atoms with E-state index >= 15 is 0 Å². The number of carbonyl (C=O) groups excluding carboxylic acids is 1. The van der Waals surface area contributed by atoms with Crippen molar-refractivity contribution in [2.75, 3.05) is 11.9 Å². The van der Waals surface area contributed by atoms with E-state index in [0.717, 1.165) is 18.0 Å². The van der Waals surface area contributed by atoms with Gasteiger partial charge >= 0.3 is 0 Å². The lowest BCUT2D eigenvalue weighted by molar-refractivity contribution is -0.119. The van der Waals surface area contributed by atoms with E-state index in [9.17, 15) is 4.79 Å². The van der Waals surface area contributed by atoms with E-state index in [-0.39, 0.29) is 11.8 Å². The van der Waals surface area contributed by atoms with Crippen LogP contribution < -0.4 is 11.1 Å². The number of aryl methyl sites for hydroxylation is 2. The van der Waals surface area contributed by atoms with Crippen LogP contribution in [0.3, 0.4) is 0 Å². The molecule has 1 amide bonds. The average Bonchev–Trinajstić information content (AvgIpc) is 2.69. The molecule has 2 rings (SSSR count). The lowest BCUT2D eigenvalue weighted by atomic mass is 10.0. The summed E-state index contributed by atoms with van der Waals surface area (Å²) >= 11 is 1.63. The summed E-state index contributed by atoms with van der Waals surface area (Å²) in [7, 11) is 0. The van der Waals surface area contributed by atoms with Crippen LogP contribution in [0.25, 0.3) is 0 Å². The zero-order chi connectivity index (χ0) is 13.0. The first-order chi connectivity index (χ1) is 8.70. The highest BCUT2D eigenvalue weighted by Gasteiger charge is 2.16. The van der Waals surface area contributed by atoms with Crippen molar-refractivity contribution in [2.45, 2.75) is 45.4 Å². The zero-order valence-corrected chi connectivity index (χ0v) is 11.7. The molecule has 100 valence electrons. The maximum atomic E-state index is 11.8. The molecule has 0 bridgehead atoms. The van der Waals surface area contributed by atoms with E-state index in [2.05, 4.69) is 10.3 Å². The van der Waals surface area contributed by atoms with Gasteiger partial charge < -0.3 is 11.1 Å². The van der Waals surface area contributed by atoms with Crippen LogP contribution in [-0.2, 0) is 17.6 Å². The lowest BCUT2D eigenvalue weighted by Gasteiger charge is -2.06. The van der Waals surface area contributed by atoms with Crippen LogP contribution in [0.1, 0.15) is 43.2 Å². The number of thiazole rings is 1. The zero-order valence-electron chi connectivity index (χ0n) is 10.9. The molecule has 1 aliphatic rings. The molecule has 0 saturated heterocycles. The molecule has 3 N–H and O–H groups in total. The summed E-state index contributed by atoms with van der Waals surface area (Å²) in [6.07, 6.45) is 7.21. The van der Waals surface area contributed by atoms with E-state index in [1.807, 2.05) is 6.92 Å². The molecule has 1 unspecified atom stereocenters. The Morgan fingerprint density at radius 3 is 2.83 bits per heavy atom. The van der Waals surface area contributed by atoms with Gasteiger partial charge in [0, 0.05) is 17.3 Å². The first-order valence-corrected chi connectivity index (χ1v) is 7.52. The second-order valence-electron chi connectivity index (χ2n) is 4.93. The van der Waals surface area contributed by atoms with E-state index in [0.29, 0.717) is 6.54 Å². The van der Waals surface area contributed by atoms with Gasteiger partial charge in [0.15, 0.2) is 5.13 Å². The molecular formula is C13H21N3OS. The van der Waals surface area contributed by atoms with Crippen LogP contribution in [0.4, 0.5) is 5.13 Å². The van der Waals surface area contributed by atoms with Gasteiger partial charge in [-0.2, -0.15) is 0 Å². The van der Waals surface area contributed by atoms with Crippen molar-refractivity contribution < 1.29 is 4.79 Å². The Morgan fingerprint density at radius 1 is 1.39 bits per heavy atom. The van der Waals surface area contributed by atoms with Crippen LogP contribution in [0.2, 0.25) is 0 Å². The van der Waals surface area contributed by atoms with Crippen molar-refractivity contribution in [2.24, 2.45) is 11.7 Å². The van der Waals surface area contributed by atoms with Gasteiger partial charge in [-0.25, -0.2) is 4.98 Å². The van der Waals surface area contributed by atoms with E-state index < -0.39 is 0 Å². The molecule has 1 heterocycles. The van der Waals surface area contributed by atoms with E-state index in [4.69, 9.17) is 5.73 Å². The fourth-order valence-corrected chi connectivity index (χ4v) is 3.15. The van der Waals surface area contributed by atoms with Gasteiger partial charge in [0.1, 0.15) is 0 Å². The minimum absolute atomic E-state index is 0.0285. The summed E-state index contributed by atoms with van der Waals surface area (Å²) in [6.45, 7) is 2.20. The minimum Gasteiger partial charge on any atom is -0.330 e. The third-order valence-corrected chi connectivity index (χ3v) is 4.45. The number of hydrogen-bond acceptors (Lipinski definition) is 4. The Kier molecular flexibility index (Phi) is 4.72. The Morgan fingerprint density at radius 2 is 2.11 bits per heavy atom. The number of amides is 1. The SMILES string of the molecule is CC(CN)C(=O)Nc1nc2c(s1)CCCCCC2. The Hall–Kier alpha value is -0.940. The molecule has 18 heavy (non-hydrogen) atoms. The predicted octanol–water partition coefficient (Wildman–Crippen LogP) is 2.34. The van der Waals surface area contributed by atoms with Crippen LogP contribution in [0.15, 0.2) is 0 Å². The molecule has 0 aromatic carbocycles. The maximum absolute atomic E-state index is 11.8. The molecule has 0 aliphatic heterocycles. The fraction of sp³-hybridized carbons (Fsp3) is 0.692. The molecular weight excluding hydrogens is 246 g/mol. The average molecular weight is 267 g/mol. The van der Waals surface area contributed by atoms with Crippen molar-refractivity contribution >= 4 is 22.4 Å². The van der Waals surface area contributed by atoms with Crippen molar-refractivity contribution in [1.82, 2.24) is 4.98 Å². The van der Waals surface area contributed by atoms with Crippen LogP contribution in [0.5, 0.6) is 0 Å². The number of fused-ring (bicyclic) bond motifs is 1. The highest BCUT2D eigenvalue weighted by Crippen LogP contribution is 2.28. The third kappa shape index (κ3) is 3.29. The third-order valence-electron chi connectivity index (χ3n) is 3.38. The van der Waals surface area contributed by atoms with Crippen LogP contribution in [0, 0.1) is 5.92 Å². The van der Waals surface area contributed by atoms with Crippen LogP contribution >= 0.6 is 11.3 Å². The highest BCUT2D eigenvalue weighted by molar-refractivity contribution is 7.15.